The fourth-order valence-electron chi connectivity index (χ4n) is 3.39. The van der Waals surface area contributed by atoms with E-state index in [1.807, 2.05) is 30.3 Å². The van der Waals surface area contributed by atoms with E-state index >= 15 is 0 Å². The van der Waals surface area contributed by atoms with Crippen LogP contribution in [-0.2, 0) is 5.41 Å². The zero-order valence-electron chi connectivity index (χ0n) is 18.8. The summed E-state index contributed by atoms with van der Waals surface area (Å²) in [6, 6.07) is 20.5. The molecule has 0 fully saturated rings. The largest absolute Gasteiger partial charge is 0.376 e. The van der Waals surface area contributed by atoms with Crippen molar-refractivity contribution < 1.29 is 5.11 Å². The Hall–Kier alpha value is -2.78. The van der Waals surface area contributed by atoms with E-state index in [0.717, 1.165) is 27.5 Å². The van der Waals surface area contributed by atoms with Gasteiger partial charge in [0.2, 0.25) is 0 Å². The Morgan fingerprint density at radius 2 is 1.50 bits per heavy atom. The van der Waals surface area contributed by atoms with E-state index < -0.39 is 14.2 Å². The summed E-state index contributed by atoms with van der Waals surface area (Å²) < 4.78 is 0. The summed E-state index contributed by atoms with van der Waals surface area (Å²) in [5.41, 5.74) is 7.17. The SMILES string of the molecule is CC(C)(C)c1ccccc1C#Cc1c(C(O)C#C[Si](C)(C)C)ccc2ccccc12. The molecule has 3 rings (SSSR count). The molecule has 152 valence electrons. The van der Waals surface area contributed by atoms with Gasteiger partial charge in [0.25, 0.3) is 0 Å². The van der Waals surface area contributed by atoms with E-state index in [1.54, 1.807) is 0 Å². The molecule has 0 saturated heterocycles. The molecule has 0 bridgehead atoms. The van der Waals surface area contributed by atoms with E-state index in [1.165, 1.54) is 5.56 Å². The Balaban J connectivity index is 2.19. The number of hydrogen-bond donors (Lipinski definition) is 1. The maximum absolute atomic E-state index is 10.9. The molecule has 0 aliphatic heterocycles. The number of rotatable bonds is 1. The summed E-state index contributed by atoms with van der Waals surface area (Å²) in [5.74, 6) is 9.87. The Labute approximate surface area is 182 Å². The minimum Gasteiger partial charge on any atom is -0.376 e. The van der Waals surface area contributed by atoms with Crippen LogP contribution in [0.1, 0.15) is 49.1 Å². The monoisotopic (exact) mass is 410 g/mol. The van der Waals surface area contributed by atoms with Crippen molar-refractivity contribution in [3.8, 4) is 23.3 Å². The minimum atomic E-state index is -1.58. The van der Waals surface area contributed by atoms with Crippen molar-refractivity contribution in [2.45, 2.75) is 51.9 Å². The summed E-state index contributed by atoms with van der Waals surface area (Å²) in [4.78, 5) is 0. The predicted molar refractivity (Wildman–Crippen MR) is 131 cm³/mol. The third-order valence-electron chi connectivity index (χ3n) is 4.90. The smallest absolute Gasteiger partial charge is 0.140 e. The number of aliphatic hydroxyl groups is 1. The zero-order chi connectivity index (χ0) is 21.9. The molecule has 1 N–H and O–H groups in total. The highest BCUT2D eigenvalue weighted by atomic mass is 28.3. The van der Waals surface area contributed by atoms with E-state index in [4.69, 9.17) is 0 Å². The van der Waals surface area contributed by atoms with Gasteiger partial charge in [-0.15, -0.1) is 5.54 Å². The standard InChI is InChI=1S/C28H30OSi/c1-28(2,3)26-14-10-8-12-22(26)16-17-24-23-13-9-7-11-21(23)15-18-25(24)27(29)19-20-30(4,5)6/h7-15,18,27,29H,1-6H3. The first-order valence-corrected chi connectivity index (χ1v) is 13.9. The van der Waals surface area contributed by atoms with Crippen LogP contribution in [0, 0.1) is 23.3 Å². The van der Waals surface area contributed by atoms with Gasteiger partial charge in [-0.3, -0.25) is 0 Å². The molecule has 30 heavy (non-hydrogen) atoms. The molecular weight excluding hydrogens is 380 g/mol. The van der Waals surface area contributed by atoms with Crippen LogP contribution in [0.25, 0.3) is 10.8 Å². The van der Waals surface area contributed by atoms with E-state index in [-0.39, 0.29) is 5.41 Å². The molecular formula is C28H30OSi. The quantitative estimate of drug-likeness (QED) is 0.361. The van der Waals surface area contributed by atoms with E-state index in [2.05, 4.69) is 94.0 Å². The predicted octanol–water partition coefficient (Wildman–Crippen LogP) is 6.45. The molecule has 0 radical (unpaired) electrons. The van der Waals surface area contributed by atoms with Gasteiger partial charge >= 0.3 is 0 Å². The van der Waals surface area contributed by atoms with Gasteiger partial charge in [0.05, 0.1) is 0 Å². The van der Waals surface area contributed by atoms with E-state index in [9.17, 15) is 5.11 Å². The Bertz CT molecular complexity index is 1180. The van der Waals surface area contributed by atoms with Crippen LogP contribution in [-0.4, -0.2) is 13.2 Å². The van der Waals surface area contributed by atoms with Crippen LogP contribution in [0.4, 0.5) is 0 Å². The number of aliphatic hydroxyl groups excluding tert-OH is 1. The number of fused-ring (bicyclic) bond motifs is 1. The lowest BCUT2D eigenvalue weighted by atomic mass is 9.84. The summed E-state index contributed by atoms with van der Waals surface area (Å²) >= 11 is 0. The number of benzene rings is 3. The minimum absolute atomic E-state index is 0.00911. The van der Waals surface area contributed by atoms with Crippen molar-refractivity contribution in [3.63, 3.8) is 0 Å². The van der Waals surface area contributed by atoms with Crippen molar-refractivity contribution in [1.82, 2.24) is 0 Å². The van der Waals surface area contributed by atoms with E-state index in [0.29, 0.717) is 0 Å². The van der Waals surface area contributed by atoms with Gasteiger partial charge in [0, 0.05) is 16.7 Å². The molecule has 0 aliphatic carbocycles. The number of hydrogen-bond acceptors (Lipinski definition) is 1. The average Bonchev–Trinajstić information content (AvgIpc) is 2.69. The van der Waals surface area contributed by atoms with Gasteiger partial charge in [-0.05, 0) is 27.8 Å². The highest BCUT2D eigenvalue weighted by molar-refractivity contribution is 6.83. The summed E-state index contributed by atoms with van der Waals surface area (Å²) in [6.07, 6.45) is -0.844. The van der Waals surface area contributed by atoms with Gasteiger partial charge < -0.3 is 5.11 Å². The van der Waals surface area contributed by atoms with Crippen LogP contribution >= 0.6 is 0 Å². The van der Waals surface area contributed by atoms with Gasteiger partial charge in [-0.25, -0.2) is 0 Å². The van der Waals surface area contributed by atoms with Crippen LogP contribution in [0.5, 0.6) is 0 Å². The molecule has 0 aliphatic rings. The fourth-order valence-corrected chi connectivity index (χ4v) is 3.96. The zero-order valence-corrected chi connectivity index (χ0v) is 19.8. The van der Waals surface area contributed by atoms with Crippen molar-refractivity contribution >= 4 is 18.8 Å². The second kappa shape index (κ2) is 8.53. The maximum Gasteiger partial charge on any atom is 0.140 e. The molecule has 1 atom stereocenters. The second-order valence-electron chi connectivity index (χ2n) is 9.72. The molecule has 1 unspecified atom stereocenters. The van der Waals surface area contributed by atoms with Crippen molar-refractivity contribution in [3.05, 3.63) is 82.9 Å². The van der Waals surface area contributed by atoms with Crippen molar-refractivity contribution in [2.24, 2.45) is 0 Å². The molecule has 0 saturated carbocycles. The van der Waals surface area contributed by atoms with Crippen LogP contribution in [0.2, 0.25) is 19.6 Å². The highest BCUT2D eigenvalue weighted by Crippen LogP contribution is 2.28. The lowest BCUT2D eigenvalue weighted by Gasteiger charge is -2.20. The van der Waals surface area contributed by atoms with Gasteiger partial charge in [-0.1, -0.05) is 113 Å². The molecule has 0 aromatic heterocycles. The Kier molecular flexibility index (Phi) is 6.23. The van der Waals surface area contributed by atoms with Gasteiger partial charge in [0.15, 0.2) is 0 Å². The topological polar surface area (TPSA) is 20.2 Å². The van der Waals surface area contributed by atoms with Crippen LogP contribution in [0.3, 0.4) is 0 Å². The molecule has 3 aromatic rings. The Morgan fingerprint density at radius 3 is 2.20 bits per heavy atom. The fraction of sp³-hybridized carbons (Fsp3) is 0.286. The normalized spacial score (nSPS) is 12.5. The first kappa shape index (κ1) is 21.9. The molecule has 0 spiro atoms. The van der Waals surface area contributed by atoms with Crippen molar-refractivity contribution in [2.75, 3.05) is 0 Å². The Morgan fingerprint density at radius 1 is 0.833 bits per heavy atom. The van der Waals surface area contributed by atoms with Gasteiger partial charge in [0.1, 0.15) is 14.2 Å². The van der Waals surface area contributed by atoms with Crippen LogP contribution < -0.4 is 0 Å². The van der Waals surface area contributed by atoms with Crippen molar-refractivity contribution in [1.29, 1.82) is 0 Å². The lowest BCUT2D eigenvalue weighted by Crippen LogP contribution is -2.17. The second-order valence-corrected chi connectivity index (χ2v) is 14.5. The molecule has 3 aromatic carbocycles. The molecule has 1 nitrogen and oxygen atoms in total. The molecule has 0 amide bonds. The van der Waals surface area contributed by atoms with Crippen LogP contribution in [0.15, 0.2) is 60.7 Å². The van der Waals surface area contributed by atoms with Gasteiger partial charge in [-0.2, -0.15) is 0 Å². The highest BCUT2D eigenvalue weighted by Gasteiger charge is 2.17. The third kappa shape index (κ3) is 5.22. The molecule has 2 heteroatoms. The molecule has 0 heterocycles. The maximum atomic E-state index is 10.9. The first-order chi connectivity index (χ1) is 14.1. The summed E-state index contributed by atoms with van der Waals surface area (Å²) in [7, 11) is -1.58. The summed E-state index contributed by atoms with van der Waals surface area (Å²) in [5, 5.41) is 13.0. The summed E-state index contributed by atoms with van der Waals surface area (Å²) in [6.45, 7) is 13.1. The first-order valence-electron chi connectivity index (χ1n) is 10.4. The average molecular weight is 411 g/mol. The lowest BCUT2D eigenvalue weighted by molar-refractivity contribution is 0.238. The third-order valence-corrected chi connectivity index (χ3v) is 5.79.